The summed E-state index contributed by atoms with van der Waals surface area (Å²) in [5, 5.41) is 3.53. The van der Waals surface area contributed by atoms with E-state index < -0.39 is 28.5 Å². The van der Waals surface area contributed by atoms with Crippen LogP contribution in [0, 0.1) is 3.57 Å². The summed E-state index contributed by atoms with van der Waals surface area (Å²) in [4.78, 5) is 27.8. The van der Waals surface area contributed by atoms with Crippen molar-refractivity contribution in [3.63, 3.8) is 0 Å². The number of rotatable bonds is 11. The summed E-state index contributed by atoms with van der Waals surface area (Å²) in [5.41, 5.74) is 1.04. The van der Waals surface area contributed by atoms with Crippen LogP contribution in [0.25, 0.3) is 0 Å². The molecule has 0 saturated heterocycles. The molecule has 0 bridgehead atoms. The van der Waals surface area contributed by atoms with E-state index in [1.54, 1.807) is 49.4 Å². The second-order valence-electron chi connectivity index (χ2n) is 7.73. The van der Waals surface area contributed by atoms with Gasteiger partial charge in [0.05, 0.1) is 22.0 Å². The van der Waals surface area contributed by atoms with Crippen molar-refractivity contribution in [3.05, 3.63) is 61.6 Å². The molecule has 1 atom stereocenters. The van der Waals surface area contributed by atoms with Crippen LogP contribution in [0.3, 0.4) is 0 Å². The Bertz CT molecular complexity index is 1110. The number of carbonyl (C=O) groups is 2. The summed E-state index contributed by atoms with van der Waals surface area (Å²) in [6.45, 7) is 3.84. The second kappa shape index (κ2) is 12.9. The highest BCUT2D eigenvalue weighted by Crippen LogP contribution is 2.25. The van der Waals surface area contributed by atoms with Crippen molar-refractivity contribution in [3.8, 4) is 0 Å². The molecule has 0 aliphatic carbocycles. The molecular formula is C23H28Cl2IN3O4S. The Labute approximate surface area is 225 Å². The molecule has 2 rings (SSSR count). The molecule has 0 saturated carbocycles. The van der Waals surface area contributed by atoms with Crippen LogP contribution in [0.4, 0.5) is 5.69 Å². The topological polar surface area (TPSA) is 86.8 Å². The number of sulfonamides is 1. The fourth-order valence-electron chi connectivity index (χ4n) is 3.34. The first-order chi connectivity index (χ1) is 16.0. The Morgan fingerprint density at radius 2 is 1.71 bits per heavy atom. The Balaban J connectivity index is 2.43. The van der Waals surface area contributed by atoms with Gasteiger partial charge in [0.2, 0.25) is 21.8 Å². The molecule has 0 spiro atoms. The number of carbonyl (C=O) groups excluding carboxylic acids is 2. The normalized spacial score (nSPS) is 12.2. The summed E-state index contributed by atoms with van der Waals surface area (Å²) in [7, 11) is -3.77. The third kappa shape index (κ3) is 8.00. The van der Waals surface area contributed by atoms with Crippen molar-refractivity contribution in [1.29, 1.82) is 0 Å². The maximum Gasteiger partial charge on any atom is 0.244 e. The minimum absolute atomic E-state index is 0.0675. The van der Waals surface area contributed by atoms with Gasteiger partial charge >= 0.3 is 0 Å². The lowest BCUT2D eigenvalue weighted by Gasteiger charge is -2.33. The third-order valence-corrected chi connectivity index (χ3v) is 7.66. The van der Waals surface area contributed by atoms with Crippen molar-refractivity contribution in [2.75, 3.05) is 23.7 Å². The highest BCUT2D eigenvalue weighted by atomic mass is 127. The molecule has 0 heterocycles. The Morgan fingerprint density at radius 1 is 1.06 bits per heavy atom. The molecule has 34 heavy (non-hydrogen) atoms. The minimum atomic E-state index is -3.77. The summed E-state index contributed by atoms with van der Waals surface area (Å²) >= 11 is 14.3. The predicted octanol–water partition coefficient (Wildman–Crippen LogP) is 4.70. The van der Waals surface area contributed by atoms with Crippen LogP contribution in [0.5, 0.6) is 0 Å². The number of benzene rings is 2. The molecule has 11 heteroatoms. The lowest BCUT2D eigenvalue weighted by molar-refractivity contribution is -0.140. The fraction of sp³-hybridized carbons (Fsp3) is 0.391. The van der Waals surface area contributed by atoms with Crippen LogP contribution in [-0.4, -0.2) is 50.5 Å². The molecule has 2 amide bonds. The zero-order valence-electron chi connectivity index (χ0n) is 19.2. The van der Waals surface area contributed by atoms with E-state index in [1.165, 1.54) is 4.90 Å². The molecule has 0 aliphatic heterocycles. The fourth-order valence-corrected chi connectivity index (χ4v) is 4.87. The average Bonchev–Trinajstić information content (AvgIpc) is 2.78. The van der Waals surface area contributed by atoms with Crippen LogP contribution in [0.15, 0.2) is 42.5 Å². The molecule has 2 aromatic rings. The molecule has 0 fully saturated rings. The first kappa shape index (κ1) is 28.7. The number of nitrogens with one attached hydrogen (secondary N) is 1. The maximum atomic E-state index is 13.6. The zero-order valence-corrected chi connectivity index (χ0v) is 23.7. The van der Waals surface area contributed by atoms with Gasteiger partial charge in [0.25, 0.3) is 0 Å². The van der Waals surface area contributed by atoms with E-state index in [4.69, 9.17) is 23.2 Å². The van der Waals surface area contributed by atoms with E-state index >= 15 is 0 Å². The highest BCUT2D eigenvalue weighted by molar-refractivity contribution is 14.1. The van der Waals surface area contributed by atoms with Gasteiger partial charge in [0.15, 0.2) is 0 Å². The molecule has 2 aromatic carbocycles. The van der Waals surface area contributed by atoms with E-state index in [2.05, 4.69) is 27.9 Å². The van der Waals surface area contributed by atoms with Gasteiger partial charge in [-0.2, -0.15) is 0 Å². The molecule has 7 nitrogen and oxygen atoms in total. The lowest BCUT2D eigenvalue weighted by atomic mass is 10.1. The van der Waals surface area contributed by atoms with Gasteiger partial charge in [-0.3, -0.25) is 13.9 Å². The standard InChI is InChI=1S/C23H28Cl2IN3O4S/c1-4-12-27-23(31)21(5-2)28(14-16-6-11-19(24)20(25)13-16)22(30)15-29(34(3,32)33)18-9-7-17(26)8-10-18/h6-11,13,21H,4-5,12,14-15H2,1-3H3,(H,27,31). The number of hydrogen-bond acceptors (Lipinski definition) is 4. The maximum absolute atomic E-state index is 13.6. The molecule has 0 radical (unpaired) electrons. The summed E-state index contributed by atoms with van der Waals surface area (Å²) in [5.74, 6) is -0.800. The zero-order chi connectivity index (χ0) is 25.5. The third-order valence-electron chi connectivity index (χ3n) is 5.07. The Kier molecular flexibility index (Phi) is 10.9. The van der Waals surface area contributed by atoms with E-state index in [0.29, 0.717) is 34.3 Å². The molecule has 0 aromatic heterocycles. The molecule has 0 aliphatic rings. The van der Waals surface area contributed by atoms with Crippen LogP contribution < -0.4 is 9.62 Å². The van der Waals surface area contributed by atoms with E-state index in [-0.39, 0.29) is 12.5 Å². The second-order valence-corrected chi connectivity index (χ2v) is 11.7. The van der Waals surface area contributed by atoms with E-state index in [9.17, 15) is 18.0 Å². The number of hydrogen-bond donors (Lipinski definition) is 1. The largest absolute Gasteiger partial charge is 0.354 e. The van der Waals surface area contributed by atoms with Crippen molar-refractivity contribution < 1.29 is 18.0 Å². The van der Waals surface area contributed by atoms with Crippen molar-refractivity contribution in [2.45, 2.75) is 39.3 Å². The van der Waals surface area contributed by atoms with Crippen LogP contribution in [0.1, 0.15) is 32.3 Å². The van der Waals surface area contributed by atoms with Gasteiger partial charge in [-0.15, -0.1) is 0 Å². The van der Waals surface area contributed by atoms with Crippen molar-refractivity contribution >= 4 is 73.3 Å². The van der Waals surface area contributed by atoms with Crippen molar-refractivity contribution in [1.82, 2.24) is 10.2 Å². The summed E-state index contributed by atoms with van der Waals surface area (Å²) in [6, 6.07) is 11.0. The SMILES string of the molecule is CCCNC(=O)C(CC)N(Cc1ccc(Cl)c(Cl)c1)C(=O)CN(c1ccc(I)cc1)S(C)(=O)=O. The van der Waals surface area contributed by atoms with Crippen LogP contribution in [-0.2, 0) is 26.2 Å². The molecule has 186 valence electrons. The molecule has 1 N–H and O–H groups in total. The molecular weight excluding hydrogens is 612 g/mol. The van der Waals surface area contributed by atoms with Gasteiger partial charge in [0.1, 0.15) is 12.6 Å². The van der Waals surface area contributed by atoms with E-state index in [0.717, 1.165) is 20.6 Å². The van der Waals surface area contributed by atoms with Gasteiger partial charge in [-0.1, -0.05) is 43.1 Å². The monoisotopic (exact) mass is 639 g/mol. The van der Waals surface area contributed by atoms with Crippen LogP contribution in [0.2, 0.25) is 10.0 Å². The number of amides is 2. The lowest BCUT2D eigenvalue weighted by Crippen LogP contribution is -2.52. The average molecular weight is 640 g/mol. The summed E-state index contributed by atoms with van der Waals surface area (Å²) < 4.78 is 27.1. The van der Waals surface area contributed by atoms with Gasteiger partial charge in [-0.05, 0) is 77.4 Å². The van der Waals surface area contributed by atoms with Gasteiger partial charge in [-0.25, -0.2) is 8.42 Å². The Morgan fingerprint density at radius 3 is 2.24 bits per heavy atom. The van der Waals surface area contributed by atoms with Gasteiger partial charge < -0.3 is 10.2 Å². The van der Waals surface area contributed by atoms with Gasteiger partial charge in [0, 0.05) is 16.7 Å². The first-order valence-corrected chi connectivity index (χ1v) is 14.4. The quantitative estimate of drug-likeness (QED) is 0.361. The summed E-state index contributed by atoms with van der Waals surface area (Å²) in [6.07, 6.45) is 2.15. The first-order valence-electron chi connectivity index (χ1n) is 10.7. The van der Waals surface area contributed by atoms with E-state index in [1.807, 2.05) is 6.92 Å². The Hall–Kier alpha value is -1.56. The number of halogens is 3. The van der Waals surface area contributed by atoms with Crippen LogP contribution >= 0.6 is 45.8 Å². The predicted molar refractivity (Wildman–Crippen MR) is 146 cm³/mol. The number of anilines is 1. The molecule has 1 unspecified atom stereocenters. The smallest absolute Gasteiger partial charge is 0.244 e. The van der Waals surface area contributed by atoms with Crippen molar-refractivity contribution in [2.24, 2.45) is 0 Å². The highest BCUT2D eigenvalue weighted by Gasteiger charge is 2.31. The number of nitrogens with zero attached hydrogens (tertiary/aromatic N) is 2. The minimum Gasteiger partial charge on any atom is -0.354 e.